The molecule has 0 fully saturated rings. The average Bonchev–Trinajstić information content (AvgIpc) is 2.37. The van der Waals surface area contributed by atoms with Crippen molar-refractivity contribution >= 4 is 49.1 Å². The lowest BCUT2D eigenvalue weighted by Gasteiger charge is -2.08. The van der Waals surface area contributed by atoms with E-state index in [0.29, 0.717) is 22.5 Å². The first-order valence-corrected chi connectivity index (χ1v) is 7.15. The van der Waals surface area contributed by atoms with E-state index in [9.17, 15) is 4.79 Å². The van der Waals surface area contributed by atoms with E-state index in [1.54, 1.807) is 36.4 Å². The molecule has 0 atom stereocenters. The van der Waals surface area contributed by atoms with Crippen molar-refractivity contribution in [1.82, 2.24) is 0 Å². The van der Waals surface area contributed by atoms with Gasteiger partial charge in [0.2, 0.25) is 0 Å². The fraction of sp³-hybridized carbons (Fsp3) is 0. The fourth-order valence-corrected chi connectivity index (χ4v) is 2.53. The summed E-state index contributed by atoms with van der Waals surface area (Å²) in [5, 5.41) is 11.7. The lowest BCUT2D eigenvalue weighted by molar-refractivity contribution is 0.102. The van der Waals surface area contributed by atoms with Crippen LogP contribution in [0.2, 0.25) is 0 Å². The van der Waals surface area contributed by atoms with Crippen molar-refractivity contribution < 1.29 is 4.79 Å². The first-order valence-electron chi connectivity index (χ1n) is 5.56. The molecule has 0 spiro atoms. The Morgan fingerprint density at radius 1 is 1.15 bits per heavy atom. The van der Waals surface area contributed by atoms with Crippen LogP contribution in [-0.2, 0) is 0 Å². The number of nitrogens with zero attached hydrogens (tertiary/aromatic N) is 1. The lowest BCUT2D eigenvalue weighted by Crippen LogP contribution is -2.13. The van der Waals surface area contributed by atoms with E-state index in [2.05, 4.69) is 37.2 Å². The molecule has 0 radical (unpaired) electrons. The summed E-state index contributed by atoms with van der Waals surface area (Å²) < 4.78 is 1.50. The highest BCUT2D eigenvalue weighted by Gasteiger charge is 2.11. The average molecular weight is 395 g/mol. The van der Waals surface area contributed by atoms with E-state index in [0.717, 1.165) is 8.95 Å². The summed E-state index contributed by atoms with van der Waals surface area (Å²) in [4.78, 5) is 12.2. The smallest absolute Gasteiger partial charge is 0.255 e. The van der Waals surface area contributed by atoms with Crippen molar-refractivity contribution in [2.24, 2.45) is 0 Å². The van der Waals surface area contributed by atoms with E-state index < -0.39 is 0 Å². The molecular weight excluding hydrogens is 386 g/mol. The molecule has 100 valence electrons. The number of halogens is 2. The zero-order valence-electron chi connectivity index (χ0n) is 10.2. The summed E-state index contributed by atoms with van der Waals surface area (Å²) >= 11 is 6.59. The number of carbonyl (C=O) groups is 1. The van der Waals surface area contributed by atoms with Gasteiger partial charge in [0.25, 0.3) is 5.91 Å². The highest BCUT2D eigenvalue weighted by molar-refractivity contribution is 9.10. The van der Waals surface area contributed by atoms with Crippen molar-refractivity contribution in [1.29, 1.82) is 5.26 Å². The standard InChI is InChI=1S/C14H9Br2N3O/c15-10-2-1-8(7-17)13(6-10)19-14(20)9-3-11(16)5-12(18)4-9/h1-6H,18H2,(H,19,20). The van der Waals surface area contributed by atoms with Gasteiger partial charge < -0.3 is 11.1 Å². The Bertz CT molecular complexity index is 703. The highest BCUT2D eigenvalue weighted by Crippen LogP contribution is 2.23. The molecule has 4 nitrogen and oxygen atoms in total. The van der Waals surface area contributed by atoms with Gasteiger partial charge in [-0.2, -0.15) is 5.26 Å². The number of nitriles is 1. The first-order chi connectivity index (χ1) is 9.49. The quantitative estimate of drug-likeness (QED) is 0.757. The molecule has 0 saturated heterocycles. The maximum atomic E-state index is 12.2. The molecule has 0 aromatic heterocycles. The third kappa shape index (κ3) is 3.38. The van der Waals surface area contributed by atoms with E-state index in [1.165, 1.54) is 0 Å². The Kier molecular flexibility index (Phi) is 4.42. The van der Waals surface area contributed by atoms with Gasteiger partial charge in [0.1, 0.15) is 6.07 Å². The molecule has 0 heterocycles. The molecule has 0 aliphatic heterocycles. The van der Waals surface area contributed by atoms with E-state index in [-0.39, 0.29) is 5.91 Å². The molecule has 2 aromatic rings. The maximum Gasteiger partial charge on any atom is 0.255 e. The number of carbonyl (C=O) groups excluding carboxylic acids is 1. The van der Waals surface area contributed by atoms with E-state index in [1.807, 2.05) is 6.07 Å². The summed E-state index contributed by atoms with van der Waals surface area (Å²) in [6.45, 7) is 0. The number of hydrogen-bond acceptors (Lipinski definition) is 3. The SMILES string of the molecule is N#Cc1ccc(Br)cc1NC(=O)c1cc(N)cc(Br)c1. The number of benzene rings is 2. The van der Waals surface area contributed by atoms with Gasteiger partial charge in [0.05, 0.1) is 11.3 Å². The second kappa shape index (κ2) is 6.07. The topological polar surface area (TPSA) is 78.9 Å². The van der Waals surface area contributed by atoms with Crippen LogP contribution in [-0.4, -0.2) is 5.91 Å². The minimum absolute atomic E-state index is 0.326. The molecule has 6 heteroatoms. The number of nitrogen functional groups attached to an aromatic ring is 1. The van der Waals surface area contributed by atoms with Crippen LogP contribution in [0.15, 0.2) is 45.3 Å². The summed E-state index contributed by atoms with van der Waals surface area (Å²) in [5.41, 5.74) is 7.45. The Labute approximate surface area is 132 Å². The van der Waals surface area contributed by atoms with Gasteiger partial charge in [-0.1, -0.05) is 31.9 Å². The third-order valence-electron chi connectivity index (χ3n) is 2.53. The van der Waals surface area contributed by atoms with Crippen LogP contribution in [0.1, 0.15) is 15.9 Å². The molecule has 1 amide bonds. The Hall–Kier alpha value is -1.84. The second-order valence-electron chi connectivity index (χ2n) is 4.03. The van der Waals surface area contributed by atoms with Crippen LogP contribution in [0.4, 0.5) is 11.4 Å². The van der Waals surface area contributed by atoms with Crippen molar-refractivity contribution in [3.63, 3.8) is 0 Å². The zero-order chi connectivity index (χ0) is 14.7. The summed E-state index contributed by atoms with van der Waals surface area (Å²) in [7, 11) is 0. The number of hydrogen-bond donors (Lipinski definition) is 2. The molecule has 0 saturated carbocycles. The Balaban J connectivity index is 2.32. The molecule has 0 aliphatic rings. The molecular formula is C14H9Br2N3O. The zero-order valence-corrected chi connectivity index (χ0v) is 13.3. The fourth-order valence-electron chi connectivity index (χ4n) is 1.66. The molecule has 2 rings (SSSR count). The van der Waals surface area contributed by atoms with E-state index in [4.69, 9.17) is 11.0 Å². The van der Waals surface area contributed by atoms with Gasteiger partial charge in [-0.25, -0.2) is 0 Å². The highest BCUT2D eigenvalue weighted by atomic mass is 79.9. The van der Waals surface area contributed by atoms with Crippen LogP contribution in [0.5, 0.6) is 0 Å². The summed E-state index contributed by atoms with van der Waals surface area (Å²) in [6, 6.07) is 12.0. The Morgan fingerprint density at radius 2 is 1.90 bits per heavy atom. The minimum Gasteiger partial charge on any atom is -0.399 e. The van der Waals surface area contributed by atoms with Crippen molar-refractivity contribution in [3.8, 4) is 6.07 Å². The van der Waals surface area contributed by atoms with Gasteiger partial charge in [-0.3, -0.25) is 4.79 Å². The largest absolute Gasteiger partial charge is 0.399 e. The minimum atomic E-state index is -0.326. The van der Waals surface area contributed by atoms with E-state index >= 15 is 0 Å². The van der Waals surface area contributed by atoms with Crippen LogP contribution in [0, 0.1) is 11.3 Å². The van der Waals surface area contributed by atoms with Crippen molar-refractivity contribution in [2.45, 2.75) is 0 Å². The number of nitrogens with two attached hydrogens (primary N) is 1. The van der Waals surface area contributed by atoms with Crippen LogP contribution in [0.3, 0.4) is 0 Å². The number of rotatable bonds is 2. The first kappa shape index (κ1) is 14.6. The number of anilines is 2. The lowest BCUT2D eigenvalue weighted by atomic mass is 10.1. The van der Waals surface area contributed by atoms with Crippen LogP contribution < -0.4 is 11.1 Å². The molecule has 3 N–H and O–H groups in total. The van der Waals surface area contributed by atoms with Crippen molar-refractivity contribution in [3.05, 3.63) is 56.5 Å². The molecule has 2 aromatic carbocycles. The van der Waals surface area contributed by atoms with Gasteiger partial charge in [0, 0.05) is 20.2 Å². The summed E-state index contributed by atoms with van der Waals surface area (Å²) in [5.74, 6) is -0.326. The predicted octanol–water partition coefficient (Wildman–Crippen LogP) is 3.92. The molecule has 0 aliphatic carbocycles. The number of nitrogens with one attached hydrogen (secondary N) is 1. The monoisotopic (exact) mass is 393 g/mol. The van der Waals surface area contributed by atoms with Gasteiger partial charge in [-0.15, -0.1) is 0 Å². The molecule has 20 heavy (non-hydrogen) atoms. The Morgan fingerprint density at radius 3 is 2.55 bits per heavy atom. The predicted molar refractivity (Wildman–Crippen MR) is 85.4 cm³/mol. The number of amides is 1. The molecule has 0 bridgehead atoms. The summed E-state index contributed by atoms with van der Waals surface area (Å²) in [6.07, 6.45) is 0. The second-order valence-corrected chi connectivity index (χ2v) is 5.86. The normalized spacial score (nSPS) is 9.85. The van der Waals surface area contributed by atoms with Gasteiger partial charge in [-0.05, 0) is 36.4 Å². The van der Waals surface area contributed by atoms with Gasteiger partial charge in [0.15, 0.2) is 0 Å². The molecule has 0 unspecified atom stereocenters. The third-order valence-corrected chi connectivity index (χ3v) is 3.48. The van der Waals surface area contributed by atoms with Crippen molar-refractivity contribution in [2.75, 3.05) is 11.1 Å². The van der Waals surface area contributed by atoms with Gasteiger partial charge >= 0.3 is 0 Å². The van der Waals surface area contributed by atoms with Crippen LogP contribution in [0.25, 0.3) is 0 Å². The maximum absolute atomic E-state index is 12.2. The van der Waals surface area contributed by atoms with Crippen LogP contribution >= 0.6 is 31.9 Å².